The van der Waals surface area contributed by atoms with E-state index in [1.165, 1.54) is 18.4 Å². The number of aryl methyl sites for hydroxylation is 1. The minimum Gasteiger partial charge on any atom is -0.481 e. The second-order valence-electron chi connectivity index (χ2n) is 8.00. The second kappa shape index (κ2) is 6.55. The maximum absolute atomic E-state index is 12.4. The Bertz CT molecular complexity index is 902. The van der Waals surface area contributed by atoms with E-state index in [0.717, 1.165) is 23.3 Å². The molecule has 0 spiro atoms. The maximum atomic E-state index is 12.4. The highest BCUT2D eigenvalue weighted by molar-refractivity contribution is 5.80. The van der Waals surface area contributed by atoms with Crippen LogP contribution in [0.1, 0.15) is 50.5 Å². The Balaban J connectivity index is 1.43. The van der Waals surface area contributed by atoms with Gasteiger partial charge in [0.2, 0.25) is 0 Å². The first-order chi connectivity index (χ1) is 12.9. The number of imidazole rings is 1. The number of aliphatic carboxylic acids is 1. The van der Waals surface area contributed by atoms with Gasteiger partial charge in [0.05, 0.1) is 16.4 Å². The number of carbonyl (C=O) groups excluding carboxylic acids is 1. The zero-order valence-electron chi connectivity index (χ0n) is 15.9. The van der Waals surface area contributed by atoms with E-state index in [1.54, 1.807) is 11.8 Å². The summed E-state index contributed by atoms with van der Waals surface area (Å²) in [4.78, 5) is 30.1. The Labute approximate surface area is 158 Å². The van der Waals surface area contributed by atoms with Gasteiger partial charge in [-0.2, -0.15) is 0 Å². The third-order valence-corrected chi connectivity index (χ3v) is 5.78. The van der Waals surface area contributed by atoms with Crippen LogP contribution in [0.25, 0.3) is 11.0 Å². The summed E-state index contributed by atoms with van der Waals surface area (Å²) in [7, 11) is 0. The number of carboxylic acid groups (broad SMARTS) is 1. The van der Waals surface area contributed by atoms with Gasteiger partial charge in [0.1, 0.15) is 5.82 Å². The van der Waals surface area contributed by atoms with Crippen molar-refractivity contribution in [3.05, 3.63) is 29.6 Å². The van der Waals surface area contributed by atoms with Crippen LogP contribution in [0.3, 0.4) is 0 Å². The number of benzene rings is 1. The number of hydrogen-bond donors (Lipinski definition) is 2. The Morgan fingerprint density at radius 2 is 2.15 bits per heavy atom. The molecule has 1 aliphatic carbocycles. The molecule has 1 saturated carbocycles. The van der Waals surface area contributed by atoms with Gasteiger partial charge in [-0.1, -0.05) is 13.0 Å². The summed E-state index contributed by atoms with van der Waals surface area (Å²) in [5, 5.41) is 12.2. The lowest BCUT2D eigenvalue weighted by Crippen LogP contribution is -2.40. The highest BCUT2D eigenvalue weighted by Crippen LogP contribution is 2.39. The molecule has 2 heterocycles. The molecule has 7 heteroatoms. The molecule has 1 aromatic carbocycles. The molecular formula is C20H26N4O3. The van der Waals surface area contributed by atoms with Crippen molar-refractivity contribution in [3.63, 3.8) is 0 Å². The SMILES string of the molecule is CCc1nc2cc(CNC(=O)N3CCC(C)(C(=O)O)C3)ccc2n1C1CC1. The molecule has 1 aliphatic heterocycles. The number of rotatable bonds is 5. The molecule has 2 aliphatic rings. The Morgan fingerprint density at radius 1 is 1.37 bits per heavy atom. The summed E-state index contributed by atoms with van der Waals surface area (Å²) in [5.74, 6) is 0.278. The van der Waals surface area contributed by atoms with Gasteiger partial charge in [-0.15, -0.1) is 0 Å². The summed E-state index contributed by atoms with van der Waals surface area (Å²) in [6.07, 6.45) is 3.84. The molecule has 1 unspecified atom stereocenters. The van der Waals surface area contributed by atoms with E-state index >= 15 is 0 Å². The van der Waals surface area contributed by atoms with Crippen molar-refractivity contribution < 1.29 is 14.7 Å². The minimum absolute atomic E-state index is 0.210. The fourth-order valence-electron chi connectivity index (χ4n) is 3.89. The van der Waals surface area contributed by atoms with Crippen molar-refractivity contribution in [2.75, 3.05) is 13.1 Å². The van der Waals surface area contributed by atoms with Crippen molar-refractivity contribution in [3.8, 4) is 0 Å². The molecule has 2 amide bonds. The van der Waals surface area contributed by atoms with Crippen molar-refractivity contribution >= 4 is 23.0 Å². The zero-order valence-corrected chi connectivity index (χ0v) is 15.9. The average Bonchev–Trinajstić information content (AvgIpc) is 3.30. The summed E-state index contributed by atoms with van der Waals surface area (Å²) in [6, 6.07) is 6.55. The molecular weight excluding hydrogens is 344 g/mol. The van der Waals surface area contributed by atoms with Crippen LogP contribution in [0.4, 0.5) is 4.79 Å². The van der Waals surface area contributed by atoms with Crippen LogP contribution in [-0.4, -0.2) is 44.6 Å². The van der Waals surface area contributed by atoms with Crippen molar-refractivity contribution in [1.82, 2.24) is 19.8 Å². The Hall–Kier alpha value is -2.57. The van der Waals surface area contributed by atoms with Crippen LogP contribution in [0.5, 0.6) is 0 Å². The molecule has 1 atom stereocenters. The average molecular weight is 370 g/mol. The van der Waals surface area contributed by atoms with Gasteiger partial charge in [0.15, 0.2) is 0 Å². The number of amides is 2. The van der Waals surface area contributed by atoms with Crippen LogP contribution in [0, 0.1) is 5.41 Å². The molecule has 27 heavy (non-hydrogen) atoms. The summed E-state index contributed by atoms with van der Waals surface area (Å²) in [5.41, 5.74) is 2.30. The molecule has 1 aromatic heterocycles. The molecule has 1 saturated heterocycles. The van der Waals surface area contributed by atoms with Gasteiger partial charge >= 0.3 is 12.0 Å². The van der Waals surface area contributed by atoms with E-state index < -0.39 is 11.4 Å². The molecule has 2 N–H and O–H groups in total. The molecule has 2 fully saturated rings. The third kappa shape index (κ3) is 3.26. The predicted molar refractivity (Wildman–Crippen MR) is 102 cm³/mol. The van der Waals surface area contributed by atoms with Gasteiger partial charge in [0.25, 0.3) is 0 Å². The molecule has 0 bridgehead atoms. The van der Waals surface area contributed by atoms with Crippen molar-refractivity contribution in [2.45, 2.75) is 52.1 Å². The number of carbonyl (C=O) groups is 2. The molecule has 2 aromatic rings. The third-order valence-electron chi connectivity index (χ3n) is 5.78. The summed E-state index contributed by atoms with van der Waals surface area (Å²) >= 11 is 0. The Morgan fingerprint density at radius 3 is 2.78 bits per heavy atom. The monoisotopic (exact) mass is 370 g/mol. The zero-order chi connectivity index (χ0) is 19.2. The van der Waals surface area contributed by atoms with E-state index in [1.807, 2.05) is 12.1 Å². The first-order valence-electron chi connectivity index (χ1n) is 9.67. The summed E-state index contributed by atoms with van der Waals surface area (Å²) in [6.45, 7) is 4.95. The fraction of sp³-hybridized carbons (Fsp3) is 0.550. The number of fused-ring (bicyclic) bond motifs is 1. The van der Waals surface area contributed by atoms with E-state index in [4.69, 9.17) is 4.98 Å². The predicted octanol–water partition coefficient (Wildman–Crippen LogP) is 2.94. The lowest BCUT2D eigenvalue weighted by molar-refractivity contribution is -0.147. The topological polar surface area (TPSA) is 87.5 Å². The van der Waals surface area contributed by atoms with E-state index in [-0.39, 0.29) is 12.6 Å². The first kappa shape index (κ1) is 17.8. The fourth-order valence-corrected chi connectivity index (χ4v) is 3.89. The number of aromatic nitrogens is 2. The number of urea groups is 1. The smallest absolute Gasteiger partial charge is 0.317 e. The Kier molecular flexibility index (Phi) is 4.32. The highest BCUT2D eigenvalue weighted by Gasteiger charge is 2.42. The summed E-state index contributed by atoms with van der Waals surface area (Å²) < 4.78 is 2.36. The van der Waals surface area contributed by atoms with Gasteiger partial charge < -0.3 is 19.9 Å². The van der Waals surface area contributed by atoms with Gasteiger partial charge in [-0.3, -0.25) is 4.79 Å². The number of carboxylic acids is 1. The largest absolute Gasteiger partial charge is 0.481 e. The van der Waals surface area contributed by atoms with Crippen molar-refractivity contribution in [1.29, 1.82) is 0 Å². The van der Waals surface area contributed by atoms with Gasteiger partial charge in [0, 0.05) is 32.1 Å². The quantitative estimate of drug-likeness (QED) is 0.847. The number of nitrogens with zero attached hydrogens (tertiary/aromatic N) is 3. The van der Waals surface area contributed by atoms with Gasteiger partial charge in [-0.05, 0) is 43.9 Å². The lowest BCUT2D eigenvalue weighted by atomic mass is 9.90. The van der Waals surface area contributed by atoms with E-state index in [9.17, 15) is 14.7 Å². The maximum Gasteiger partial charge on any atom is 0.317 e. The second-order valence-corrected chi connectivity index (χ2v) is 8.00. The standard InChI is InChI=1S/C20H26N4O3/c1-3-17-22-15-10-13(4-7-16(15)24(17)14-5-6-14)11-21-19(27)23-9-8-20(2,12-23)18(25)26/h4,7,10,14H,3,5-6,8-9,11-12H2,1-2H3,(H,21,27)(H,25,26). The number of hydrogen-bond acceptors (Lipinski definition) is 3. The highest BCUT2D eigenvalue weighted by atomic mass is 16.4. The van der Waals surface area contributed by atoms with Crippen LogP contribution < -0.4 is 5.32 Å². The number of nitrogens with one attached hydrogen (secondary N) is 1. The normalized spacial score (nSPS) is 22.4. The minimum atomic E-state index is -0.846. The van der Waals surface area contributed by atoms with E-state index in [0.29, 0.717) is 25.6 Å². The van der Waals surface area contributed by atoms with Crippen molar-refractivity contribution in [2.24, 2.45) is 5.41 Å². The number of likely N-dealkylation sites (tertiary alicyclic amines) is 1. The molecule has 7 nitrogen and oxygen atoms in total. The van der Waals surface area contributed by atoms with Crippen LogP contribution >= 0.6 is 0 Å². The first-order valence-corrected chi connectivity index (χ1v) is 9.67. The molecule has 4 rings (SSSR count). The molecule has 144 valence electrons. The van der Waals surface area contributed by atoms with Gasteiger partial charge in [-0.25, -0.2) is 9.78 Å². The molecule has 0 radical (unpaired) electrons. The van der Waals surface area contributed by atoms with E-state index in [2.05, 4.69) is 22.9 Å². The van der Waals surface area contributed by atoms with Crippen LogP contribution in [0.2, 0.25) is 0 Å². The van der Waals surface area contributed by atoms with Crippen LogP contribution in [0.15, 0.2) is 18.2 Å². The lowest BCUT2D eigenvalue weighted by Gasteiger charge is -2.20. The van der Waals surface area contributed by atoms with Crippen LogP contribution in [-0.2, 0) is 17.8 Å².